The number of H-pyrrole nitrogens is 1. The maximum Gasteiger partial charge on any atom is 0.319 e. The number of nitrogens with zero attached hydrogens (tertiary/aromatic N) is 4. The molecule has 1 fully saturated rings. The number of benzene rings is 1. The Bertz CT molecular complexity index is 936. The predicted molar refractivity (Wildman–Crippen MR) is 98.4 cm³/mol. The number of hydrogen-bond acceptors (Lipinski definition) is 2. The Morgan fingerprint density at radius 3 is 2.81 bits per heavy atom. The minimum absolute atomic E-state index is 0.0654. The standard InChI is InChI=1S/C19H22FN5O/c1-23(2)19(26)24-7-5-15(6-8-24)25-12-13(10-22-25)17-11-21-18-9-14(20)3-4-16(17)18/h3-4,9-12,15,21H,5-8H2,1-2H3. The van der Waals surface area contributed by atoms with Gasteiger partial charge in [-0.15, -0.1) is 0 Å². The Kier molecular flexibility index (Phi) is 4.14. The third-order valence-electron chi connectivity index (χ3n) is 5.05. The summed E-state index contributed by atoms with van der Waals surface area (Å²) in [5.74, 6) is -0.249. The predicted octanol–water partition coefficient (Wildman–Crippen LogP) is 3.49. The molecular formula is C19H22FN5O. The fourth-order valence-electron chi connectivity index (χ4n) is 3.62. The van der Waals surface area contributed by atoms with Gasteiger partial charge in [0.1, 0.15) is 5.82 Å². The van der Waals surface area contributed by atoms with Crippen molar-refractivity contribution in [1.29, 1.82) is 0 Å². The van der Waals surface area contributed by atoms with Gasteiger partial charge in [-0.2, -0.15) is 5.10 Å². The molecule has 0 saturated carbocycles. The second-order valence-corrected chi connectivity index (χ2v) is 7.00. The molecule has 2 aromatic heterocycles. The fraction of sp³-hybridized carbons (Fsp3) is 0.368. The Morgan fingerprint density at radius 2 is 2.08 bits per heavy atom. The van der Waals surface area contributed by atoms with Crippen LogP contribution in [0.1, 0.15) is 18.9 Å². The van der Waals surface area contributed by atoms with Crippen molar-refractivity contribution in [3.63, 3.8) is 0 Å². The number of nitrogens with one attached hydrogen (secondary N) is 1. The first-order valence-corrected chi connectivity index (χ1v) is 8.80. The largest absolute Gasteiger partial charge is 0.360 e. The number of carbonyl (C=O) groups excluding carboxylic acids is 1. The molecular weight excluding hydrogens is 333 g/mol. The summed E-state index contributed by atoms with van der Waals surface area (Å²) in [4.78, 5) is 18.7. The highest BCUT2D eigenvalue weighted by Crippen LogP contribution is 2.30. The van der Waals surface area contributed by atoms with Crippen molar-refractivity contribution in [3.8, 4) is 11.1 Å². The number of halogens is 1. The van der Waals surface area contributed by atoms with Crippen molar-refractivity contribution in [2.75, 3.05) is 27.2 Å². The van der Waals surface area contributed by atoms with Crippen LogP contribution in [0.2, 0.25) is 0 Å². The Labute approximate surface area is 151 Å². The molecule has 1 aliphatic heterocycles. The summed E-state index contributed by atoms with van der Waals surface area (Å²) in [5, 5.41) is 5.52. The van der Waals surface area contributed by atoms with Crippen LogP contribution in [0.5, 0.6) is 0 Å². The first-order chi connectivity index (χ1) is 12.5. The molecule has 1 saturated heterocycles. The van der Waals surface area contributed by atoms with Gasteiger partial charge >= 0.3 is 6.03 Å². The molecule has 1 aliphatic rings. The average molecular weight is 355 g/mol. The normalized spacial score (nSPS) is 15.6. The molecule has 3 heterocycles. The topological polar surface area (TPSA) is 57.2 Å². The molecule has 3 aromatic rings. The molecule has 7 heteroatoms. The number of urea groups is 1. The second kappa shape index (κ2) is 6.48. The number of aromatic amines is 1. The number of aromatic nitrogens is 3. The van der Waals surface area contributed by atoms with Crippen molar-refractivity contribution in [2.45, 2.75) is 18.9 Å². The van der Waals surface area contributed by atoms with Gasteiger partial charge in [-0.25, -0.2) is 9.18 Å². The molecule has 136 valence electrons. The molecule has 26 heavy (non-hydrogen) atoms. The highest BCUT2D eigenvalue weighted by Gasteiger charge is 2.25. The van der Waals surface area contributed by atoms with Crippen LogP contribution in [0, 0.1) is 5.82 Å². The first-order valence-electron chi connectivity index (χ1n) is 8.80. The minimum Gasteiger partial charge on any atom is -0.360 e. The summed E-state index contributed by atoms with van der Waals surface area (Å²) in [6, 6.07) is 5.12. The number of carbonyl (C=O) groups is 1. The van der Waals surface area contributed by atoms with E-state index in [1.807, 2.05) is 28.2 Å². The van der Waals surface area contributed by atoms with E-state index in [-0.39, 0.29) is 17.9 Å². The van der Waals surface area contributed by atoms with Crippen LogP contribution in [0.3, 0.4) is 0 Å². The van der Waals surface area contributed by atoms with E-state index in [0.29, 0.717) is 0 Å². The van der Waals surface area contributed by atoms with Gasteiger partial charge in [0.25, 0.3) is 0 Å². The molecule has 0 atom stereocenters. The van der Waals surface area contributed by atoms with Crippen LogP contribution in [0.15, 0.2) is 36.8 Å². The maximum atomic E-state index is 13.4. The molecule has 1 N–H and O–H groups in total. The van der Waals surface area contributed by atoms with E-state index >= 15 is 0 Å². The molecule has 0 unspecified atom stereocenters. The van der Waals surface area contributed by atoms with Gasteiger partial charge in [-0.1, -0.05) is 0 Å². The van der Waals surface area contributed by atoms with Crippen molar-refractivity contribution in [2.24, 2.45) is 0 Å². The SMILES string of the molecule is CN(C)C(=O)N1CCC(n2cc(-c3c[nH]c4cc(F)ccc34)cn2)CC1. The van der Waals surface area contributed by atoms with Crippen LogP contribution in [0.25, 0.3) is 22.0 Å². The monoisotopic (exact) mass is 355 g/mol. The summed E-state index contributed by atoms with van der Waals surface area (Å²) < 4.78 is 15.4. The Hall–Kier alpha value is -2.83. The minimum atomic E-state index is -0.249. The quantitative estimate of drug-likeness (QED) is 0.765. The van der Waals surface area contributed by atoms with Gasteiger partial charge < -0.3 is 14.8 Å². The lowest BCUT2D eigenvalue weighted by Gasteiger charge is -2.33. The summed E-state index contributed by atoms with van der Waals surface area (Å²) in [6.07, 6.45) is 7.56. The smallest absolute Gasteiger partial charge is 0.319 e. The Balaban J connectivity index is 1.51. The number of fused-ring (bicyclic) bond motifs is 1. The number of hydrogen-bond donors (Lipinski definition) is 1. The van der Waals surface area contributed by atoms with E-state index in [1.54, 1.807) is 25.1 Å². The summed E-state index contributed by atoms with van der Waals surface area (Å²) in [6.45, 7) is 1.48. The van der Waals surface area contributed by atoms with Crippen molar-refractivity contribution in [1.82, 2.24) is 24.6 Å². The number of likely N-dealkylation sites (tertiary alicyclic amines) is 1. The second-order valence-electron chi connectivity index (χ2n) is 7.00. The van der Waals surface area contributed by atoms with Crippen LogP contribution in [-0.4, -0.2) is 57.8 Å². The van der Waals surface area contributed by atoms with E-state index in [0.717, 1.165) is 48.0 Å². The zero-order valence-corrected chi connectivity index (χ0v) is 14.9. The van der Waals surface area contributed by atoms with Crippen molar-refractivity contribution < 1.29 is 9.18 Å². The van der Waals surface area contributed by atoms with E-state index in [9.17, 15) is 9.18 Å². The van der Waals surface area contributed by atoms with Gasteiger partial charge in [-0.3, -0.25) is 4.68 Å². The molecule has 0 spiro atoms. The zero-order chi connectivity index (χ0) is 18.3. The van der Waals surface area contributed by atoms with Crippen LogP contribution >= 0.6 is 0 Å². The third-order valence-corrected chi connectivity index (χ3v) is 5.05. The van der Waals surface area contributed by atoms with Crippen LogP contribution in [-0.2, 0) is 0 Å². The average Bonchev–Trinajstić information content (AvgIpc) is 3.27. The number of amides is 2. The summed E-state index contributed by atoms with van der Waals surface area (Å²) in [7, 11) is 3.56. The van der Waals surface area contributed by atoms with Gasteiger partial charge in [0.15, 0.2) is 0 Å². The van der Waals surface area contributed by atoms with Gasteiger partial charge in [-0.05, 0) is 31.0 Å². The van der Waals surface area contributed by atoms with Crippen molar-refractivity contribution >= 4 is 16.9 Å². The van der Waals surface area contributed by atoms with Gasteiger partial charge in [0.05, 0.1) is 12.2 Å². The molecule has 4 rings (SSSR count). The molecule has 1 aromatic carbocycles. The number of piperidine rings is 1. The zero-order valence-electron chi connectivity index (χ0n) is 14.9. The molecule has 0 bridgehead atoms. The highest BCUT2D eigenvalue weighted by atomic mass is 19.1. The summed E-state index contributed by atoms with van der Waals surface area (Å²) >= 11 is 0. The lowest BCUT2D eigenvalue weighted by Crippen LogP contribution is -2.44. The van der Waals surface area contributed by atoms with Crippen molar-refractivity contribution in [3.05, 3.63) is 42.6 Å². The van der Waals surface area contributed by atoms with E-state index in [2.05, 4.69) is 10.1 Å². The van der Waals surface area contributed by atoms with Crippen LogP contribution < -0.4 is 0 Å². The number of rotatable bonds is 2. The summed E-state index contributed by atoms with van der Waals surface area (Å²) in [5.41, 5.74) is 2.81. The first kappa shape index (κ1) is 16.6. The Morgan fingerprint density at radius 1 is 1.31 bits per heavy atom. The van der Waals surface area contributed by atoms with Gasteiger partial charge in [0.2, 0.25) is 0 Å². The van der Waals surface area contributed by atoms with Crippen LogP contribution in [0.4, 0.5) is 9.18 Å². The molecule has 6 nitrogen and oxygen atoms in total. The fourth-order valence-corrected chi connectivity index (χ4v) is 3.62. The molecule has 0 aliphatic carbocycles. The third kappa shape index (κ3) is 2.94. The van der Waals surface area contributed by atoms with E-state index in [1.165, 1.54) is 12.1 Å². The lowest BCUT2D eigenvalue weighted by atomic mass is 10.1. The highest BCUT2D eigenvalue weighted by molar-refractivity contribution is 5.95. The van der Waals surface area contributed by atoms with E-state index in [4.69, 9.17) is 0 Å². The molecule has 0 radical (unpaired) electrons. The van der Waals surface area contributed by atoms with Gasteiger partial charge in [0, 0.05) is 61.6 Å². The van der Waals surface area contributed by atoms with E-state index < -0.39 is 0 Å². The molecule has 2 amide bonds. The lowest BCUT2D eigenvalue weighted by molar-refractivity contribution is 0.146. The maximum absolute atomic E-state index is 13.4.